The highest BCUT2D eigenvalue weighted by Crippen LogP contribution is 2.38. The Labute approximate surface area is 195 Å². The number of carbonyl (C=O) groups is 2. The molecule has 0 amide bonds. The second kappa shape index (κ2) is 10.8. The zero-order chi connectivity index (χ0) is 23.2. The van der Waals surface area contributed by atoms with Crippen molar-refractivity contribution in [1.82, 2.24) is 5.32 Å². The van der Waals surface area contributed by atoms with Crippen molar-refractivity contribution in [1.29, 1.82) is 0 Å². The predicted molar refractivity (Wildman–Crippen MR) is 126 cm³/mol. The molecule has 2 fully saturated rings. The first kappa shape index (κ1) is 23.3. The number of rotatable bonds is 7. The first-order valence-electron chi connectivity index (χ1n) is 12.0. The molecule has 2 aromatic rings. The number of ether oxygens (including phenoxy) is 3. The van der Waals surface area contributed by atoms with Gasteiger partial charge in [-0.3, -0.25) is 4.79 Å². The molecule has 4 atom stereocenters. The van der Waals surface area contributed by atoms with Crippen LogP contribution in [0.25, 0.3) is 11.1 Å². The molecule has 1 aliphatic heterocycles. The maximum atomic E-state index is 12.6. The van der Waals surface area contributed by atoms with Crippen LogP contribution in [0.5, 0.6) is 5.75 Å². The van der Waals surface area contributed by atoms with Crippen LogP contribution in [0.4, 0.5) is 0 Å². The molecule has 0 aromatic heterocycles. The van der Waals surface area contributed by atoms with E-state index in [0.29, 0.717) is 36.4 Å². The maximum Gasteiger partial charge on any atom is 0.341 e. The number of carbonyl (C=O) groups excluding carboxylic acids is 2. The molecule has 1 heterocycles. The van der Waals surface area contributed by atoms with Crippen molar-refractivity contribution in [3.63, 3.8) is 0 Å². The number of hydrogen-bond acceptors (Lipinski definition) is 6. The molecule has 0 bridgehead atoms. The van der Waals surface area contributed by atoms with Crippen molar-refractivity contribution in [2.45, 2.75) is 51.7 Å². The van der Waals surface area contributed by atoms with Crippen LogP contribution in [0.15, 0.2) is 48.5 Å². The summed E-state index contributed by atoms with van der Waals surface area (Å²) in [4.78, 5) is 24.8. The van der Waals surface area contributed by atoms with Crippen molar-refractivity contribution in [3.05, 3.63) is 54.1 Å². The highest BCUT2D eigenvalue weighted by molar-refractivity contribution is 5.93. The van der Waals surface area contributed by atoms with Gasteiger partial charge in [0.1, 0.15) is 17.4 Å². The van der Waals surface area contributed by atoms with Crippen LogP contribution in [0.3, 0.4) is 0 Å². The van der Waals surface area contributed by atoms with Crippen LogP contribution in [0.2, 0.25) is 0 Å². The van der Waals surface area contributed by atoms with E-state index in [4.69, 9.17) is 14.2 Å². The van der Waals surface area contributed by atoms with Gasteiger partial charge < -0.3 is 19.5 Å². The number of nitrogens with one attached hydrogen (secondary N) is 1. The molecule has 0 unspecified atom stereocenters. The maximum absolute atomic E-state index is 12.6. The van der Waals surface area contributed by atoms with E-state index in [1.54, 1.807) is 13.0 Å². The molecule has 4 rings (SSSR count). The van der Waals surface area contributed by atoms with E-state index in [2.05, 4.69) is 5.32 Å². The number of esters is 2. The van der Waals surface area contributed by atoms with Gasteiger partial charge in [0.2, 0.25) is 0 Å². The van der Waals surface area contributed by atoms with Gasteiger partial charge in [0, 0.05) is 0 Å². The smallest absolute Gasteiger partial charge is 0.341 e. The molecule has 1 aliphatic carbocycles. The van der Waals surface area contributed by atoms with Gasteiger partial charge in [0.05, 0.1) is 19.3 Å². The lowest BCUT2D eigenvalue weighted by atomic mass is 9.72. The predicted octanol–water partition coefficient (Wildman–Crippen LogP) is 4.62. The van der Waals surface area contributed by atoms with Crippen LogP contribution in [0.1, 0.15) is 49.9 Å². The number of benzene rings is 2. The van der Waals surface area contributed by atoms with Crippen molar-refractivity contribution in [2.75, 3.05) is 19.8 Å². The Morgan fingerprint density at radius 3 is 2.45 bits per heavy atom. The average Bonchev–Trinajstić information content (AvgIpc) is 2.84. The van der Waals surface area contributed by atoms with Crippen molar-refractivity contribution >= 4 is 11.9 Å². The lowest BCUT2D eigenvalue weighted by molar-refractivity contribution is -0.147. The summed E-state index contributed by atoms with van der Waals surface area (Å²) in [6.45, 7) is 5.17. The van der Waals surface area contributed by atoms with E-state index < -0.39 is 0 Å². The fourth-order valence-corrected chi connectivity index (χ4v) is 5.04. The van der Waals surface area contributed by atoms with Gasteiger partial charge in [-0.15, -0.1) is 0 Å². The minimum Gasteiger partial charge on any atom is -0.489 e. The normalized spacial score (nSPS) is 24.4. The lowest BCUT2D eigenvalue weighted by Gasteiger charge is -2.41. The fourth-order valence-electron chi connectivity index (χ4n) is 5.04. The molecular formula is C27H33NO5. The van der Waals surface area contributed by atoms with Crippen LogP contribution in [-0.4, -0.2) is 43.8 Å². The third-order valence-corrected chi connectivity index (χ3v) is 6.71. The van der Waals surface area contributed by atoms with E-state index in [0.717, 1.165) is 43.4 Å². The van der Waals surface area contributed by atoms with Crippen LogP contribution in [-0.2, 0) is 14.3 Å². The molecule has 0 radical (unpaired) electrons. The molecule has 6 nitrogen and oxygen atoms in total. The summed E-state index contributed by atoms with van der Waals surface area (Å²) in [6, 6.07) is 15.5. The standard InChI is InChI=1S/C27H33NO5/c1-3-31-26(29)23-13-11-19(18-8-6-5-7-9-18)16-25(23)33-22-12-10-20-17-28-24(15-21(20)14-22)27(30)32-4-2/h5-9,11,13,16,20-22,24,28H,3-4,10,12,14-15,17H2,1-2H3/t20-,21+,22-,24-/m0/s1. The monoisotopic (exact) mass is 451 g/mol. The second-order valence-electron chi connectivity index (χ2n) is 8.82. The summed E-state index contributed by atoms with van der Waals surface area (Å²) in [5, 5.41) is 3.35. The first-order chi connectivity index (χ1) is 16.1. The van der Waals surface area contributed by atoms with Crippen molar-refractivity contribution in [2.24, 2.45) is 11.8 Å². The minimum atomic E-state index is -0.370. The van der Waals surface area contributed by atoms with Gasteiger partial charge in [-0.25, -0.2) is 4.79 Å². The molecular weight excluding hydrogens is 418 g/mol. The van der Waals surface area contributed by atoms with Crippen LogP contribution < -0.4 is 10.1 Å². The Hall–Kier alpha value is -2.86. The van der Waals surface area contributed by atoms with Crippen molar-refractivity contribution in [3.8, 4) is 16.9 Å². The Morgan fingerprint density at radius 1 is 0.909 bits per heavy atom. The summed E-state index contributed by atoms with van der Waals surface area (Å²) >= 11 is 0. The van der Waals surface area contributed by atoms with Crippen molar-refractivity contribution < 1.29 is 23.8 Å². The number of piperidine rings is 1. The second-order valence-corrected chi connectivity index (χ2v) is 8.82. The molecule has 0 spiro atoms. The summed E-state index contributed by atoms with van der Waals surface area (Å²) in [6.07, 6.45) is 3.57. The Balaban J connectivity index is 1.52. The molecule has 2 aromatic carbocycles. The van der Waals surface area contributed by atoms with Gasteiger partial charge in [-0.1, -0.05) is 36.4 Å². The number of fused-ring (bicyclic) bond motifs is 1. The van der Waals surface area contributed by atoms with Gasteiger partial charge >= 0.3 is 11.9 Å². The van der Waals surface area contributed by atoms with Gasteiger partial charge in [-0.05, 0) is 81.2 Å². The third kappa shape index (κ3) is 5.56. The Bertz CT molecular complexity index is 960. The zero-order valence-corrected chi connectivity index (χ0v) is 19.4. The molecule has 1 saturated carbocycles. The highest BCUT2D eigenvalue weighted by Gasteiger charge is 2.39. The van der Waals surface area contributed by atoms with Crippen LogP contribution >= 0.6 is 0 Å². The van der Waals surface area contributed by atoms with Gasteiger partial charge in [0.25, 0.3) is 0 Å². The van der Waals surface area contributed by atoms with Gasteiger partial charge in [-0.2, -0.15) is 0 Å². The molecule has 6 heteroatoms. The van der Waals surface area contributed by atoms with E-state index in [1.165, 1.54) is 0 Å². The molecule has 33 heavy (non-hydrogen) atoms. The van der Waals surface area contributed by atoms with E-state index in [9.17, 15) is 9.59 Å². The van der Waals surface area contributed by atoms with E-state index >= 15 is 0 Å². The van der Waals surface area contributed by atoms with Gasteiger partial charge in [0.15, 0.2) is 0 Å². The fraction of sp³-hybridized carbons (Fsp3) is 0.481. The largest absolute Gasteiger partial charge is 0.489 e. The quantitative estimate of drug-likeness (QED) is 0.620. The molecule has 176 valence electrons. The first-order valence-corrected chi connectivity index (χ1v) is 12.0. The summed E-state index contributed by atoms with van der Waals surface area (Å²) in [7, 11) is 0. The summed E-state index contributed by atoms with van der Waals surface area (Å²) in [5.74, 6) is 0.955. The highest BCUT2D eigenvalue weighted by atomic mass is 16.5. The van der Waals surface area contributed by atoms with Crippen LogP contribution in [0, 0.1) is 11.8 Å². The Morgan fingerprint density at radius 2 is 1.70 bits per heavy atom. The lowest BCUT2D eigenvalue weighted by Crippen LogP contribution is -2.51. The molecule has 1 N–H and O–H groups in total. The SMILES string of the molecule is CCOC(=O)c1ccc(-c2ccccc2)cc1O[C@H]1CC[C@H]2CN[C@H](C(=O)OCC)C[C@H]2C1. The topological polar surface area (TPSA) is 73.9 Å². The average molecular weight is 452 g/mol. The minimum absolute atomic E-state index is 0.00797. The number of hydrogen-bond donors (Lipinski definition) is 1. The summed E-state index contributed by atoms with van der Waals surface area (Å²) < 4.78 is 17.0. The summed E-state index contributed by atoms with van der Waals surface area (Å²) in [5.41, 5.74) is 2.52. The third-order valence-electron chi connectivity index (χ3n) is 6.71. The van der Waals surface area contributed by atoms with E-state index in [1.807, 2.05) is 49.4 Å². The molecule has 2 aliphatic rings. The molecule has 1 saturated heterocycles. The zero-order valence-electron chi connectivity index (χ0n) is 19.4. The van der Waals surface area contributed by atoms with E-state index in [-0.39, 0.29) is 24.1 Å². The Kier molecular flexibility index (Phi) is 7.65.